The quantitative estimate of drug-likeness (QED) is 0.0222. The van der Waals surface area contributed by atoms with Gasteiger partial charge in [0.25, 0.3) is 0 Å². The lowest BCUT2D eigenvalue weighted by Crippen LogP contribution is -2.30. The van der Waals surface area contributed by atoms with Crippen LogP contribution in [0.4, 0.5) is 0 Å². The summed E-state index contributed by atoms with van der Waals surface area (Å²) in [5.41, 5.74) is 0. The van der Waals surface area contributed by atoms with Crippen LogP contribution in [0.1, 0.15) is 421 Å². The van der Waals surface area contributed by atoms with Gasteiger partial charge in [-0.15, -0.1) is 0 Å². The van der Waals surface area contributed by atoms with Crippen molar-refractivity contribution < 1.29 is 80.2 Å². The van der Waals surface area contributed by atoms with Crippen LogP contribution in [0.25, 0.3) is 0 Å². The zero-order valence-corrected chi connectivity index (χ0v) is 67.5. The molecule has 0 rings (SSSR count). The van der Waals surface area contributed by atoms with Gasteiger partial charge >= 0.3 is 39.5 Å². The Bertz CT molecular complexity index is 1940. The molecule has 0 fully saturated rings. The highest BCUT2D eigenvalue weighted by molar-refractivity contribution is 7.47. The Morgan fingerprint density at radius 2 is 0.510 bits per heavy atom. The first-order valence-corrected chi connectivity index (χ1v) is 44.9. The molecule has 0 aromatic rings. The van der Waals surface area contributed by atoms with Crippen molar-refractivity contribution in [2.45, 2.75) is 439 Å². The van der Waals surface area contributed by atoms with Crippen LogP contribution in [-0.2, 0) is 65.4 Å². The molecule has 6 atom stereocenters. The van der Waals surface area contributed by atoms with E-state index in [9.17, 15) is 43.2 Å². The molecule has 3 unspecified atom stereocenters. The Hall–Kier alpha value is -1.94. The van der Waals surface area contributed by atoms with Crippen LogP contribution < -0.4 is 0 Å². The maximum Gasteiger partial charge on any atom is 0.472 e. The molecule has 0 heterocycles. The number of hydrogen-bond donors (Lipinski definition) is 3. The van der Waals surface area contributed by atoms with Crippen LogP contribution in [0, 0.1) is 17.8 Å². The minimum Gasteiger partial charge on any atom is -0.462 e. The number of unbranched alkanes of at least 4 members (excludes halogenated alkanes) is 46. The number of hydrogen-bond acceptors (Lipinski definition) is 15. The number of phosphoric acid groups is 2. The van der Waals surface area contributed by atoms with Gasteiger partial charge in [0.1, 0.15) is 19.3 Å². The van der Waals surface area contributed by atoms with E-state index in [2.05, 4.69) is 48.5 Å². The molecule has 0 aromatic heterocycles. The van der Waals surface area contributed by atoms with E-state index in [1.165, 1.54) is 225 Å². The van der Waals surface area contributed by atoms with Gasteiger partial charge in [0.2, 0.25) is 0 Å². The summed E-state index contributed by atoms with van der Waals surface area (Å²) in [6.45, 7) is 12.0. The molecule has 100 heavy (non-hydrogen) atoms. The Labute approximate surface area is 613 Å². The van der Waals surface area contributed by atoms with E-state index < -0.39 is 97.5 Å². The van der Waals surface area contributed by atoms with Gasteiger partial charge in [-0.05, 0) is 43.4 Å². The van der Waals surface area contributed by atoms with Gasteiger partial charge < -0.3 is 33.8 Å². The normalized spacial score (nSPS) is 14.2. The van der Waals surface area contributed by atoms with E-state index in [1.54, 1.807) is 0 Å². The molecule has 19 heteroatoms. The molecule has 0 radical (unpaired) electrons. The van der Waals surface area contributed by atoms with Crippen molar-refractivity contribution >= 4 is 39.5 Å². The molecule has 3 N–H and O–H groups in total. The number of aliphatic hydroxyl groups is 1. The first-order valence-electron chi connectivity index (χ1n) is 41.9. The Morgan fingerprint density at radius 3 is 0.760 bits per heavy atom. The highest BCUT2D eigenvalue weighted by Gasteiger charge is 2.30. The monoisotopic (exact) mass is 1470 g/mol. The molecule has 0 aromatic carbocycles. The molecule has 0 aliphatic heterocycles. The molecular formula is C81H158O17P2. The first kappa shape index (κ1) is 98.1. The Kier molecular flexibility index (Phi) is 69.9. The zero-order valence-electron chi connectivity index (χ0n) is 65.7. The highest BCUT2D eigenvalue weighted by atomic mass is 31.2. The molecular weight excluding hydrogens is 1310 g/mol. The van der Waals surface area contributed by atoms with Gasteiger partial charge in [-0.3, -0.25) is 37.3 Å². The molecule has 0 aliphatic carbocycles. The minimum absolute atomic E-state index is 0.106. The average Bonchev–Trinajstić information content (AvgIpc) is 1.37. The van der Waals surface area contributed by atoms with Gasteiger partial charge in [-0.1, -0.05) is 370 Å². The summed E-state index contributed by atoms with van der Waals surface area (Å²) in [5, 5.41) is 10.6. The number of esters is 4. The van der Waals surface area contributed by atoms with Crippen LogP contribution in [0.5, 0.6) is 0 Å². The Balaban J connectivity index is 5.20. The lowest BCUT2D eigenvalue weighted by Gasteiger charge is -2.21. The van der Waals surface area contributed by atoms with E-state index in [0.717, 1.165) is 114 Å². The van der Waals surface area contributed by atoms with E-state index in [-0.39, 0.29) is 25.7 Å². The van der Waals surface area contributed by atoms with Gasteiger partial charge in [0.05, 0.1) is 26.4 Å². The topological polar surface area (TPSA) is 237 Å². The number of aliphatic hydroxyl groups excluding tert-OH is 1. The fourth-order valence-corrected chi connectivity index (χ4v) is 14.0. The lowest BCUT2D eigenvalue weighted by atomic mass is 9.99. The molecule has 0 saturated heterocycles. The van der Waals surface area contributed by atoms with E-state index in [1.807, 2.05) is 0 Å². The summed E-state index contributed by atoms with van der Waals surface area (Å²) in [5.74, 6) is 0.312. The summed E-state index contributed by atoms with van der Waals surface area (Å²) >= 11 is 0. The van der Waals surface area contributed by atoms with E-state index in [0.29, 0.717) is 25.7 Å². The van der Waals surface area contributed by atoms with Crippen molar-refractivity contribution in [1.29, 1.82) is 0 Å². The molecule has 0 saturated carbocycles. The maximum absolute atomic E-state index is 13.1. The van der Waals surface area contributed by atoms with Crippen molar-refractivity contribution in [3.8, 4) is 0 Å². The highest BCUT2D eigenvalue weighted by Crippen LogP contribution is 2.45. The number of phosphoric ester groups is 2. The van der Waals surface area contributed by atoms with Crippen LogP contribution in [-0.4, -0.2) is 96.7 Å². The van der Waals surface area contributed by atoms with Crippen LogP contribution in [0.15, 0.2) is 0 Å². The molecule has 0 amide bonds. The standard InChI is InChI=1S/C81H158O17P2/c1-8-10-11-12-13-41-48-55-62-78(83)91-68-76(97-81(86)65-58-51-44-37-31-30-34-40-47-54-61-74(7)9-2)70-95-99(87,88)93-66-75(82)67-94-100(89,90)96-71-77(98-80(85)64-57-50-43-36-29-25-21-17-15-19-23-27-33-39-46-53-60-73(5)6)69-92-79(84)63-56-49-42-35-28-24-20-16-14-18-22-26-32-38-45-52-59-72(3)4/h72-77,82H,8-71H2,1-7H3,(H,87,88)(H,89,90)/t74?,75-,76+,77+/m0/s1. The fraction of sp³-hybridized carbons (Fsp3) is 0.951. The van der Waals surface area contributed by atoms with Crippen molar-refractivity contribution in [2.75, 3.05) is 39.6 Å². The third kappa shape index (κ3) is 73.0. The van der Waals surface area contributed by atoms with Crippen molar-refractivity contribution in [3.05, 3.63) is 0 Å². The van der Waals surface area contributed by atoms with Gasteiger partial charge in [-0.25, -0.2) is 9.13 Å². The summed E-state index contributed by atoms with van der Waals surface area (Å²) in [6.07, 6.45) is 59.7. The number of carbonyl (C=O) groups excluding carboxylic acids is 4. The molecule has 0 aliphatic rings. The van der Waals surface area contributed by atoms with E-state index in [4.69, 9.17) is 37.0 Å². The first-order chi connectivity index (χ1) is 48.3. The predicted molar refractivity (Wildman–Crippen MR) is 409 cm³/mol. The molecule has 0 bridgehead atoms. The average molecular weight is 1470 g/mol. The molecule has 594 valence electrons. The van der Waals surface area contributed by atoms with Crippen molar-refractivity contribution in [2.24, 2.45) is 17.8 Å². The summed E-state index contributed by atoms with van der Waals surface area (Å²) in [7, 11) is -9.92. The second-order valence-electron chi connectivity index (χ2n) is 30.4. The fourth-order valence-electron chi connectivity index (χ4n) is 12.5. The maximum atomic E-state index is 13.1. The van der Waals surface area contributed by atoms with Gasteiger partial charge in [0.15, 0.2) is 12.2 Å². The third-order valence-electron chi connectivity index (χ3n) is 19.2. The SMILES string of the molecule is CCCCCCCCCCC(=O)OC[C@H](COP(=O)(O)OC[C@H](O)COP(=O)(O)OC[C@@H](COC(=O)CCCCCCCCCCCCCCCCCCC(C)C)OC(=O)CCCCCCCCCCCCCCCCCCC(C)C)OC(=O)CCCCCCCCCCCCC(C)CC. The number of rotatable bonds is 79. The smallest absolute Gasteiger partial charge is 0.462 e. The second kappa shape index (κ2) is 71.3. The summed E-state index contributed by atoms with van der Waals surface area (Å²) in [4.78, 5) is 72.9. The third-order valence-corrected chi connectivity index (χ3v) is 21.1. The van der Waals surface area contributed by atoms with E-state index >= 15 is 0 Å². The second-order valence-corrected chi connectivity index (χ2v) is 33.3. The number of ether oxygens (including phenoxy) is 4. The van der Waals surface area contributed by atoms with Crippen LogP contribution >= 0.6 is 15.6 Å². The van der Waals surface area contributed by atoms with Gasteiger partial charge in [-0.2, -0.15) is 0 Å². The van der Waals surface area contributed by atoms with Crippen LogP contribution in [0.2, 0.25) is 0 Å². The summed E-state index contributed by atoms with van der Waals surface area (Å²) in [6, 6.07) is 0. The molecule has 0 spiro atoms. The van der Waals surface area contributed by atoms with Crippen molar-refractivity contribution in [1.82, 2.24) is 0 Å². The van der Waals surface area contributed by atoms with Crippen molar-refractivity contribution in [3.63, 3.8) is 0 Å². The zero-order chi connectivity index (χ0) is 73.7. The molecule has 17 nitrogen and oxygen atoms in total. The van der Waals surface area contributed by atoms with Gasteiger partial charge in [0, 0.05) is 25.7 Å². The lowest BCUT2D eigenvalue weighted by molar-refractivity contribution is -0.161. The summed E-state index contributed by atoms with van der Waals surface area (Å²) < 4.78 is 68.6. The largest absolute Gasteiger partial charge is 0.472 e. The Morgan fingerprint density at radius 1 is 0.290 bits per heavy atom. The predicted octanol–water partition coefficient (Wildman–Crippen LogP) is 24.1. The minimum atomic E-state index is -4.96. The number of carbonyl (C=O) groups is 4. The van der Waals surface area contributed by atoms with Crippen LogP contribution in [0.3, 0.4) is 0 Å².